The molecule has 1 aliphatic heterocycles. The summed E-state index contributed by atoms with van der Waals surface area (Å²) in [5.41, 5.74) is 2.82. The molecule has 0 radical (unpaired) electrons. The number of anilines is 1. The number of carbonyl (C=O) groups is 2. The highest BCUT2D eigenvalue weighted by atomic mass is 19.1. The molecular weight excluding hydrogens is 357 g/mol. The number of hydrogen-bond donors (Lipinski definition) is 2. The van der Waals surface area contributed by atoms with E-state index in [0.29, 0.717) is 36.0 Å². The van der Waals surface area contributed by atoms with Crippen LogP contribution in [0.25, 0.3) is 10.9 Å². The van der Waals surface area contributed by atoms with Crippen LogP contribution in [0, 0.1) is 5.82 Å². The number of para-hydroxylation sites is 2. The van der Waals surface area contributed by atoms with Crippen molar-refractivity contribution in [1.82, 2.24) is 10.3 Å². The van der Waals surface area contributed by atoms with Gasteiger partial charge in [-0.25, -0.2) is 4.39 Å². The fourth-order valence-corrected chi connectivity index (χ4v) is 3.84. The lowest BCUT2D eigenvalue weighted by Gasteiger charge is -2.22. The van der Waals surface area contributed by atoms with Crippen molar-refractivity contribution < 1.29 is 14.0 Å². The van der Waals surface area contributed by atoms with Crippen LogP contribution in [-0.4, -0.2) is 29.4 Å². The topological polar surface area (TPSA) is 65.2 Å². The maximum absolute atomic E-state index is 13.7. The van der Waals surface area contributed by atoms with Gasteiger partial charge in [0.2, 0.25) is 5.91 Å². The lowest BCUT2D eigenvalue weighted by molar-refractivity contribution is -0.119. The minimum atomic E-state index is -0.387. The molecule has 2 heterocycles. The molecule has 1 atom stereocenters. The normalized spacial score (nSPS) is 15.6. The number of aromatic nitrogens is 1. The number of nitrogens with zero attached hydrogens (tertiary/aromatic N) is 1. The van der Waals surface area contributed by atoms with Gasteiger partial charge in [-0.2, -0.15) is 0 Å². The fraction of sp³-hybridized carbons (Fsp3) is 0.273. The molecule has 6 heteroatoms. The number of hydrogen-bond acceptors (Lipinski definition) is 2. The smallest absolute Gasteiger partial charge is 0.267 e. The van der Waals surface area contributed by atoms with Gasteiger partial charge in [0.1, 0.15) is 11.5 Å². The summed E-state index contributed by atoms with van der Waals surface area (Å²) in [5.74, 6) is -0.621. The van der Waals surface area contributed by atoms with Crippen LogP contribution in [0.5, 0.6) is 0 Å². The van der Waals surface area contributed by atoms with Crippen LogP contribution in [0.4, 0.5) is 10.1 Å². The van der Waals surface area contributed by atoms with Crippen molar-refractivity contribution in [3.05, 3.63) is 65.6 Å². The number of fused-ring (bicyclic) bond motifs is 2. The van der Waals surface area contributed by atoms with Gasteiger partial charge in [0.05, 0.1) is 5.52 Å². The summed E-state index contributed by atoms with van der Waals surface area (Å²) >= 11 is 0. The second kappa shape index (κ2) is 7.46. The van der Waals surface area contributed by atoms with Crippen molar-refractivity contribution in [3.63, 3.8) is 0 Å². The van der Waals surface area contributed by atoms with E-state index in [2.05, 4.69) is 23.3 Å². The molecule has 1 aliphatic rings. The first kappa shape index (κ1) is 18.2. The number of rotatable bonds is 5. The molecular formula is C22H22FN3O2. The molecule has 2 amide bonds. The number of carbonyl (C=O) groups excluding carboxylic acids is 2. The Bertz CT molecular complexity index is 1040. The van der Waals surface area contributed by atoms with Crippen molar-refractivity contribution in [1.29, 1.82) is 0 Å². The maximum Gasteiger partial charge on any atom is 0.267 e. The van der Waals surface area contributed by atoms with Crippen molar-refractivity contribution in [2.75, 3.05) is 11.4 Å². The maximum atomic E-state index is 13.7. The lowest BCUT2D eigenvalue weighted by Crippen LogP contribution is -2.36. The SMILES string of the molecule is C[C@@H]1Cc2ccccc2N1C(=O)CCCNC(=O)c1cc2cccc(F)c2[nH]1. The van der Waals surface area contributed by atoms with Gasteiger partial charge in [-0.05, 0) is 43.5 Å². The Labute approximate surface area is 162 Å². The van der Waals surface area contributed by atoms with Crippen LogP contribution in [0.2, 0.25) is 0 Å². The molecule has 4 rings (SSSR count). The molecule has 144 valence electrons. The molecule has 0 unspecified atom stereocenters. The number of halogens is 1. The number of aromatic amines is 1. The predicted molar refractivity (Wildman–Crippen MR) is 107 cm³/mol. The quantitative estimate of drug-likeness (QED) is 0.663. The zero-order valence-electron chi connectivity index (χ0n) is 15.7. The molecule has 0 bridgehead atoms. The van der Waals surface area contributed by atoms with Crippen molar-refractivity contribution in [2.24, 2.45) is 0 Å². The van der Waals surface area contributed by atoms with Gasteiger partial charge in [-0.3, -0.25) is 9.59 Å². The van der Waals surface area contributed by atoms with E-state index in [1.807, 2.05) is 23.1 Å². The molecule has 0 aliphatic carbocycles. The highest BCUT2D eigenvalue weighted by Crippen LogP contribution is 2.32. The van der Waals surface area contributed by atoms with Crippen LogP contribution in [0.15, 0.2) is 48.5 Å². The average Bonchev–Trinajstić information content (AvgIpc) is 3.26. The fourth-order valence-electron chi connectivity index (χ4n) is 3.84. The summed E-state index contributed by atoms with van der Waals surface area (Å²) in [5, 5.41) is 3.45. The van der Waals surface area contributed by atoms with Crippen LogP contribution < -0.4 is 10.2 Å². The third kappa shape index (κ3) is 3.38. The van der Waals surface area contributed by atoms with E-state index in [0.717, 1.165) is 12.1 Å². The first-order valence-electron chi connectivity index (χ1n) is 9.50. The lowest BCUT2D eigenvalue weighted by atomic mass is 10.1. The predicted octanol–water partition coefficient (Wildman–Crippen LogP) is 3.79. The van der Waals surface area contributed by atoms with Crippen LogP contribution in [-0.2, 0) is 11.2 Å². The summed E-state index contributed by atoms with van der Waals surface area (Å²) in [6.07, 6.45) is 1.78. The van der Waals surface area contributed by atoms with Gasteiger partial charge in [-0.1, -0.05) is 30.3 Å². The van der Waals surface area contributed by atoms with Crippen molar-refractivity contribution >= 4 is 28.4 Å². The van der Waals surface area contributed by atoms with Gasteiger partial charge >= 0.3 is 0 Å². The Kier molecular flexibility index (Phi) is 4.86. The van der Waals surface area contributed by atoms with E-state index in [4.69, 9.17) is 0 Å². The molecule has 1 aromatic heterocycles. The zero-order valence-corrected chi connectivity index (χ0v) is 15.7. The minimum absolute atomic E-state index is 0.0689. The third-order valence-corrected chi connectivity index (χ3v) is 5.18. The Morgan fingerprint density at radius 2 is 2.04 bits per heavy atom. The van der Waals surface area contributed by atoms with E-state index in [-0.39, 0.29) is 23.7 Å². The molecule has 28 heavy (non-hydrogen) atoms. The number of nitrogens with one attached hydrogen (secondary N) is 2. The Balaban J connectivity index is 1.31. The van der Waals surface area contributed by atoms with Crippen LogP contribution in [0.1, 0.15) is 35.8 Å². The van der Waals surface area contributed by atoms with Gasteiger partial charge in [0, 0.05) is 30.1 Å². The Morgan fingerprint density at radius 3 is 2.86 bits per heavy atom. The first-order valence-corrected chi connectivity index (χ1v) is 9.50. The largest absolute Gasteiger partial charge is 0.351 e. The van der Waals surface area contributed by atoms with Crippen molar-refractivity contribution in [3.8, 4) is 0 Å². The standard InChI is InChI=1S/C22H22FN3O2/c1-14-12-15-6-2-3-9-19(15)26(14)20(27)10-5-11-24-22(28)18-13-16-7-4-8-17(23)21(16)25-18/h2-4,6-9,13-14,25H,5,10-12H2,1H3,(H,24,28)/t14-/m1/s1. The second-order valence-corrected chi connectivity index (χ2v) is 7.19. The van der Waals surface area contributed by atoms with E-state index in [1.54, 1.807) is 18.2 Å². The molecule has 2 aromatic carbocycles. The van der Waals surface area contributed by atoms with E-state index >= 15 is 0 Å². The molecule has 5 nitrogen and oxygen atoms in total. The van der Waals surface area contributed by atoms with Gasteiger partial charge < -0.3 is 15.2 Å². The summed E-state index contributed by atoms with van der Waals surface area (Å²) in [7, 11) is 0. The van der Waals surface area contributed by atoms with Gasteiger partial charge in [-0.15, -0.1) is 0 Å². The third-order valence-electron chi connectivity index (χ3n) is 5.18. The summed E-state index contributed by atoms with van der Waals surface area (Å²) in [6, 6.07) is 14.5. The minimum Gasteiger partial charge on any atom is -0.351 e. The van der Waals surface area contributed by atoms with Crippen LogP contribution in [0.3, 0.4) is 0 Å². The monoisotopic (exact) mass is 379 g/mol. The first-order chi connectivity index (χ1) is 13.5. The molecule has 3 aromatic rings. The molecule has 0 spiro atoms. The summed E-state index contributed by atoms with van der Waals surface area (Å²) in [6.45, 7) is 2.43. The number of H-pyrrole nitrogens is 1. The Hall–Kier alpha value is -3.15. The summed E-state index contributed by atoms with van der Waals surface area (Å²) in [4.78, 5) is 29.6. The van der Waals surface area contributed by atoms with Gasteiger partial charge in [0.25, 0.3) is 5.91 Å². The molecule has 0 saturated heterocycles. The highest BCUT2D eigenvalue weighted by Gasteiger charge is 2.29. The van der Waals surface area contributed by atoms with E-state index < -0.39 is 0 Å². The number of benzene rings is 2. The second-order valence-electron chi connectivity index (χ2n) is 7.19. The zero-order chi connectivity index (χ0) is 19.7. The molecule has 0 fully saturated rings. The van der Waals surface area contributed by atoms with E-state index in [1.165, 1.54) is 11.6 Å². The number of amides is 2. The van der Waals surface area contributed by atoms with Crippen molar-refractivity contribution in [2.45, 2.75) is 32.2 Å². The Morgan fingerprint density at radius 1 is 1.21 bits per heavy atom. The summed E-state index contributed by atoms with van der Waals surface area (Å²) < 4.78 is 13.7. The average molecular weight is 379 g/mol. The highest BCUT2D eigenvalue weighted by molar-refractivity contribution is 5.98. The molecule has 0 saturated carbocycles. The molecule has 2 N–H and O–H groups in total. The van der Waals surface area contributed by atoms with Gasteiger partial charge in [0.15, 0.2) is 0 Å². The van der Waals surface area contributed by atoms with Crippen LogP contribution >= 0.6 is 0 Å². The van der Waals surface area contributed by atoms with E-state index in [9.17, 15) is 14.0 Å².